The molecule has 0 radical (unpaired) electrons. The number of rotatable bonds is 7. The molecule has 3 aromatic heterocycles. The van der Waals surface area contributed by atoms with E-state index in [2.05, 4.69) is 37.5 Å². The Labute approximate surface area is 176 Å². The molecular formula is C21H18FN7O2. The lowest BCUT2D eigenvalue weighted by Crippen LogP contribution is -2.08. The van der Waals surface area contributed by atoms with Crippen LogP contribution >= 0.6 is 0 Å². The summed E-state index contributed by atoms with van der Waals surface area (Å²) in [6.45, 7) is 3.40. The first-order chi connectivity index (χ1) is 15.1. The Hall–Kier alpha value is -4.21. The van der Waals surface area contributed by atoms with Crippen LogP contribution in [0.15, 0.2) is 55.4 Å². The largest absolute Gasteiger partial charge is 0.434 e. The molecule has 5 rings (SSSR count). The number of fused-ring (bicyclic) bond motifs is 1. The van der Waals surface area contributed by atoms with Crippen LogP contribution in [0.4, 0.5) is 21.7 Å². The van der Waals surface area contributed by atoms with Crippen LogP contribution in [0, 0.1) is 5.82 Å². The summed E-state index contributed by atoms with van der Waals surface area (Å²) in [7, 11) is 0. The van der Waals surface area contributed by atoms with E-state index in [-0.39, 0.29) is 17.6 Å². The molecule has 1 aromatic carbocycles. The van der Waals surface area contributed by atoms with Gasteiger partial charge in [0.1, 0.15) is 5.52 Å². The van der Waals surface area contributed by atoms with Crippen LogP contribution in [0.25, 0.3) is 5.52 Å². The average Bonchev–Trinajstić information content (AvgIpc) is 3.30. The molecule has 9 nitrogen and oxygen atoms in total. The molecule has 0 atom stereocenters. The molecule has 156 valence electrons. The molecule has 1 aliphatic rings. The van der Waals surface area contributed by atoms with E-state index in [1.165, 1.54) is 18.2 Å². The molecule has 0 spiro atoms. The van der Waals surface area contributed by atoms with Crippen molar-refractivity contribution >= 4 is 28.7 Å². The Morgan fingerprint density at radius 1 is 1.35 bits per heavy atom. The summed E-state index contributed by atoms with van der Waals surface area (Å²) in [5.41, 5.74) is 2.73. The molecule has 1 fully saturated rings. The lowest BCUT2D eigenvalue weighted by molar-refractivity contribution is -0.111. The van der Waals surface area contributed by atoms with Gasteiger partial charge in [0, 0.05) is 23.9 Å². The van der Waals surface area contributed by atoms with Crippen LogP contribution in [0.2, 0.25) is 0 Å². The van der Waals surface area contributed by atoms with Crippen LogP contribution in [0.5, 0.6) is 11.6 Å². The number of carbonyl (C=O) groups is 1. The van der Waals surface area contributed by atoms with Gasteiger partial charge < -0.3 is 15.4 Å². The smallest absolute Gasteiger partial charge is 0.248 e. The first-order valence-electron chi connectivity index (χ1n) is 9.67. The second kappa shape index (κ2) is 7.56. The summed E-state index contributed by atoms with van der Waals surface area (Å²) in [6, 6.07) is 7.56. The van der Waals surface area contributed by atoms with Gasteiger partial charge >= 0.3 is 0 Å². The van der Waals surface area contributed by atoms with Crippen molar-refractivity contribution in [1.29, 1.82) is 0 Å². The molecule has 0 aliphatic heterocycles. The molecule has 0 unspecified atom stereocenters. The van der Waals surface area contributed by atoms with E-state index in [4.69, 9.17) is 4.74 Å². The van der Waals surface area contributed by atoms with Crippen LogP contribution in [0.3, 0.4) is 0 Å². The summed E-state index contributed by atoms with van der Waals surface area (Å²) in [5.74, 6) is -0.203. The molecule has 1 amide bonds. The number of H-pyrrole nitrogens is 1. The van der Waals surface area contributed by atoms with Crippen molar-refractivity contribution in [2.45, 2.75) is 18.8 Å². The monoisotopic (exact) mass is 419 g/mol. The zero-order chi connectivity index (χ0) is 21.4. The van der Waals surface area contributed by atoms with Gasteiger partial charge in [-0.3, -0.25) is 9.89 Å². The summed E-state index contributed by atoms with van der Waals surface area (Å²) >= 11 is 0. The second-order valence-electron chi connectivity index (χ2n) is 7.12. The third-order valence-corrected chi connectivity index (χ3v) is 4.85. The maximum atomic E-state index is 14.4. The fourth-order valence-electron chi connectivity index (χ4n) is 3.19. The number of nitrogens with one attached hydrogen (secondary N) is 3. The first-order valence-corrected chi connectivity index (χ1v) is 9.67. The number of carbonyl (C=O) groups excluding carboxylic acids is 1. The molecule has 10 heteroatoms. The lowest BCUT2D eigenvalue weighted by Gasteiger charge is -2.12. The highest BCUT2D eigenvalue weighted by Gasteiger charge is 2.28. The molecule has 0 saturated heterocycles. The highest BCUT2D eigenvalue weighted by atomic mass is 19.1. The standard InChI is InChI=1S/C21H18FN7O2/c1-2-18(30)24-13-7-8-14(22)17(10-13)31-20-16-4-3-9-29(16)28-21(26-20)25-15-11-23-27-19(15)12-5-6-12/h2-4,7-12H,1,5-6H2,(H,23,27)(H,24,30)(H,25,28). The summed E-state index contributed by atoms with van der Waals surface area (Å²) in [4.78, 5) is 16.0. The van der Waals surface area contributed by atoms with Crippen LogP contribution < -0.4 is 15.4 Å². The molecular weight excluding hydrogens is 401 g/mol. The summed E-state index contributed by atoms with van der Waals surface area (Å²) in [5, 5.41) is 17.3. The molecule has 1 aliphatic carbocycles. The molecule has 0 bridgehead atoms. The van der Waals surface area contributed by atoms with Gasteiger partial charge in [0.25, 0.3) is 0 Å². The Morgan fingerprint density at radius 3 is 3.03 bits per heavy atom. The fraction of sp³-hybridized carbons (Fsp3) is 0.143. The van der Waals surface area contributed by atoms with Crippen molar-refractivity contribution in [3.05, 3.63) is 66.9 Å². The van der Waals surface area contributed by atoms with Crippen LogP contribution in [0.1, 0.15) is 24.5 Å². The highest BCUT2D eigenvalue weighted by Crippen LogP contribution is 2.42. The third kappa shape index (κ3) is 3.82. The SMILES string of the molecule is C=CC(=O)Nc1ccc(F)c(Oc2nc(Nc3cn[nH]c3C3CC3)nn3cccc23)c1. The third-order valence-electron chi connectivity index (χ3n) is 4.85. The number of aromatic amines is 1. The number of hydrogen-bond donors (Lipinski definition) is 3. The van der Waals surface area contributed by atoms with Gasteiger partial charge in [-0.1, -0.05) is 6.58 Å². The van der Waals surface area contributed by atoms with Gasteiger partial charge in [-0.15, -0.1) is 5.10 Å². The van der Waals surface area contributed by atoms with Gasteiger partial charge in [-0.05, 0) is 43.2 Å². The van der Waals surface area contributed by atoms with Gasteiger partial charge in [0.15, 0.2) is 11.6 Å². The molecule has 3 heterocycles. The minimum absolute atomic E-state index is 0.0865. The van der Waals surface area contributed by atoms with E-state index < -0.39 is 11.7 Å². The number of halogens is 1. The van der Waals surface area contributed by atoms with E-state index in [1.807, 2.05) is 0 Å². The van der Waals surface area contributed by atoms with Gasteiger partial charge in [-0.2, -0.15) is 10.1 Å². The van der Waals surface area contributed by atoms with E-state index in [9.17, 15) is 9.18 Å². The zero-order valence-electron chi connectivity index (χ0n) is 16.3. The average molecular weight is 419 g/mol. The van der Waals surface area contributed by atoms with Crippen molar-refractivity contribution in [3.8, 4) is 11.6 Å². The van der Waals surface area contributed by atoms with Gasteiger partial charge in [-0.25, -0.2) is 8.91 Å². The van der Waals surface area contributed by atoms with Gasteiger partial charge in [0.05, 0.1) is 17.6 Å². The van der Waals surface area contributed by atoms with Gasteiger partial charge in [0.2, 0.25) is 17.7 Å². The minimum Gasteiger partial charge on any atom is -0.434 e. The van der Waals surface area contributed by atoms with E-state index in [0.717, 1.165) is 30.3 Å². The topological polar surface area (TPSA) is 109 Å². The van der Waals surface area contributed by atoms with E-state index in [0.29, 0.717) is 17.1 Å². The number of ether oxygens (including phenoxy) is 1. The Morgan fingerprint density at radius 2 is 2.23 bits per heavy atom. The van der Waals surface area contributed by atoms with Crippen LogP contribution in [-0.2, 0) is 4.79 Å². The first kappa shape index (κ1) is 18.8. The number of hydrogen-bond acceptors (Lipinski definition) is 6. The second-order valence-corrected chi connectivity index (χ2v) is 7.12. The normalized spacial score (nSPS) is 13.2. The maximum absolute atomic E-state index is 14.4. The predicted molar refractivity (Wildman–Crippen MR) is 112 cm³/mol. The van der Waals surface area contributed by atoms with Crippen molar-refractivity contribution in [2.24, 2.45) is 0 Å². The summed E-state index contributed by atoms with van der Waals surface area (Å²) < 4.78 is 21.8. The number of nitrogens with zero attached hydrogens (tertiary/aromatic N) is 4. The van der Waals surface area contributed by atoms with Crippen LogP contribution in [-0.4, -0.2) is 30.7 Å². The van der Waals surface area contributed by atoms with Crippen molar-refractivity contribution in [3.63, 3.8) is 0 Å². The molecule has 3 N–H and O–H groups in total. The maximum Gasteiger partial charge on any atom is 0.248 e. The van der Waals surface area contributed by atoms with Crippen molar-refractivity contribution in [2.75, 3.05) is 10.6 Å². The van der Waals surface area contributed by atoms with Crippen molar-refractivity contribution < 1.29 is 13.9 Å². The summed E-state index contributed by atoms with van der Waals surface area (Å²) in [6.07, 6.45) is 6.77. The Kier molecular flexibility index (Phi) is 4.58. The Balaban J connectivity index is 1.48. The molecule has 4 aromatic rings. The number of aromatic nitrogens is 5. The lowest BCUT2D eigenvalue weighted by atomic mass is 10.2. The van der Waals surface area contributed by atoms with E-state index in [1.54, 1.807) is 29.0 Å². The Bertz CT molecular complexity index is 1290. The molecule has 1 saturated carbocycles. The van der Waals surface area contributed by atoms with Crippen molar-refractivity contribution in [1.82, 2.24) is 24.8 Å². The number of benzene rings is 1. The minimum atomic E-state index is -0.597. The fourth-order valence-corrected chi connectivity index (χ4v) is 3.19. The highest BCUT2D eigenvalue weighted by molar-refractivity contribution is 5.98. The van der Waals surface area contributed by atoms with E-state index >= 15 is 0 Å². The molecule has 31 heavy (non-hydrogen) atoms. The number of amides is 1. The zero-order valence-corrected chi connectivity index (χ0v) is 16.3. The quantitative estimate of drug-likeness (QED) is 0.389. The number of anilines is 3. The predicted octanol–water partition coefficient (Wildman–Crippen LogP) is 4.13.